The highest BCUT2D eigenvalue weighted by atomic mass is 35.5. The Kier molecular flexibility index (Phi) is 6.97. The van der Waals surface area contributed by atoms with E-state index in [-0.39, 0.29) is 16.8 Å². The molecule has 0 aliphatic heterocycles. The Hall–Kier alpha value is -2.15. The average molecular weight is 393 g/mol. The van der Waals surface area contributed by atoms with Crippen molar-refractivity contribution in [3.05, 3.63) is 65.2 Å². The number of hydrogen-bond donors (Lipinski definition) is 2. The fourth-order valence-corrected chi connectivity index (χ4v) is 3.62. The first kappa shape index (κ1) is 20.2. The van der Waals surface area contributed by atoms with E-state index in [0.717, 1.165) is 5.56 Å². The van der Waals surface area contributed by atoms with Gasteiger partial charge in [0.2, 0.25) is 15.9 Å². The first-order valence-corrected chi connectivity index (χ1v) is 10.0. The Morgan fingerprint density at radius 2 is 1.81 bits per heavy atom. The second-order valence-electron chi connectivity index (χ2n) is 5.80. The molecule has 0 heterocycles. The largest absolute Gasteiger partial charge is 0.323 e. The van der Waals surface area contributed by atoms with Gasteiger partial charge in [-0.3, -0.25) is 4.79 Å². The molecule has 0 saturated heterocycles. The number of carbonyl (C=O) groups is 1. The molecule has 0 fully saturated rings. The normalized spacial score (nSPS) is 12.9. The van der Waals surface area contributed by atoms with Gasteiger partial charge in [0.15, 0.2) is 0 Å². The van der Waals surface area contributed by atoms with Gasteiger partial charge in [-0.05, 0) is 55.3 Å². The van der Waals surface area contributed by atoms with Crippen molar-refractivity contribution in [2.75, 3.05) is 5.32 Å². The molecule has 138 valence electrons. The predicted octanol–water partition coefficient (Wildman–Crippen LogP) is 4.07. The molecule has 0 saturated carbocycles. The quantitative estimate of drug-likeness (QED) is 0.697. The van der Waals surface area contributed by atoms with Gasteiger partial charge in [0.25, 0.3) is 0 Å². The number of halogens is 1. The molecular formula is C19H21ClN2O3S. The number of hydrogen-bond acceptors (Lipinski definition) is 3. The molecule has 26 heavy (non-hydrogen) atoms. The number of sulfonamides is 1. The van der Waals surface area contributed by atoms with Gasteiger partial charge in [0, 0.05) is 22.8 Å². The molecule has 1 amide bonds. The van der Waals surface area contributed by atoms with Gasteiger partial charge in [-0.1, -0.05) is 36.7 Å². The van der Waals surface area contributed by atoms with Gasteiger partial charge in [0.05, 0.1) is 4.90 Å². The van der Waals surface area contributed by atoms with Crippen LogP contribution in [0.5, 0.6) is 0 Å². The van der Waals surface area contributed by atoms with E-state index < -0.39 is 10.0 Å². The molecule has 2 rings (SSSR count). The molecule has 1 atom stereocenters. The lowest BCUT2D eigenvalue weighted by molar-refractivity contribution is -0.111. The molecule has 2 aromatic carbocycles. The second kappa shape index (κ2) is 8.98. The van der Waals surface area contributed by atoms with Crippen molar-refractivity contribution in [2.45, 2.75) is 31.2 Å². The van der Waals surface area contributed by atoms with Crippen LogP contribution in [-0.2, 0) is 14.8 Å². The van der Waals surface area contributed by atoms with Crippen LogP contribution in [0, 0.1) is 0 Å². The van der Waals surface area contributed by atoms with Crippen LogP contribution in [0.15, 0.2) is 59.5 Å². The number of nitrogens with one attached hydrogen (secondary N) is 2. The molecule has 7 heteroatoms. The van der Waals surface area contributed by atoms with Crippen molar-refractivity contribution in [3.8, 4) is 0 Å². The Labute approximate surface area is 159 Å². The standard InChI is InChI=1S/C19H21ClN2O3S/c1-3-14(2)22-26(24,25)17-11-9-16(10-12-17)21-19(23)13-8-15-6-4-5-7-18(15)20/h4-14,22H,3H2,1-2H3,(H,21,23). The number of rotatable bonds is 7. The first-order chi connectivity index (χ1) is 12.3. The molecule has 0 radical (unpaired) electrons. The minimum Gasteiger partial charge on any atom is -0.323 e. The number of anilines is 1. The van der Waals surface area contributed by atoms with Crippen molar-refractivity contribution < 1.29 is 13.2 Å². The summed E-state index contributed by atoms with van der Waals surface area (Å²) in [5.74, 6) is -0.335. The Morgan fingerprint density at radius 3 is 2.42 bits per heavy atom. The Bertz CT molecular complexity index is 893. The molecule has 0 aliphatic carbocycles. The fraction of sp³-hybridized carbons (Fsp3) is 0.211. The van der Waals surface area contributed by atoms with E-state index in [2.05, 4.69) is 10.0 Å². The summed E-state index contributed by atoms with van der Waals surface area (Å²) in [7, 11) is -3.56. The third-order valence-electron chi connectivity index (χ3n) is 3.72. The van der Waals surface area contributed by atoms with E-state index in [1.807, 2.05) is 19.1 Å². The van der Waals surface area contributed by atoms with Crippen LogP contribution in [-0.4, -0.2) is 20.4 Å². The van der Waals surface area contributed by atoms with Crippen LogP contribution in [0.2, 0.25) is 5.02 Å². The van der Waals surface area contributed by atoms with E-state index in [1.165, 1.54) is 18.2 Å². The maximum absolute atomic E-state index is 12.2. The summed E-state index contributed by atoms with van der Waals surface area (Å²) >= 11 is 6.03. The summed E-state index contributed by atoms with van der Waals surface area (Å²) in [6, 6.07) is 13.0. The molecule has 1 unspecified atom stereocenters. The number of benzene rings is 2. The average Bonchev–Trinajstić information content (AvgIpc) is 2.61. The third-order valence-corrected chi connectivity index (χ3v) is 5.67. The van der Waals surface area contributed by atoms with E-state index in [1.54, 1.807) is 37.3 Å². The van der Waals surface area contributed by atoms with E-state index >= 15 is 0 Å². The summed E-state index contributed by atoms with van der Waals surface area (Å²) in [5, 5.41) is 3.23. The Balaban J connectivity index is 2.03. The lowest BCUT2D eigenvalue weighted by atomic mass is 10.2. The molecular weight excluding hydrogens is 372 g/mol. The maximum atomic E-state index is 12.2. The first-order valence-electron chi connectivity index (χ1n) is 8.18. The zero-order valence-electron chi connectivity index (χ0n) is 14.6. The summed E-state index contributed by atoms with van der Waals surface area (Å²) in [6.07, 6.45) is 3.69. The molecule has 0 aromatic heterocycles. The predicted molar refractivity (Wildman–Crippen MR) is 106 cm³/mol. The van der Waals surface area contributed by atoms with Gasteiger partial charge >= 0.3 is 0 Å². The van der Waals surface area contributed by atoms with E-state index in [0.29, 0.717) is 17.1 Å². The third kappa shape index (κ3) is 5.69. The molecule has 2 aromatic rings. The SMILES string of the molecule is CCC(C)NS(=O)(=O)c1ccc(NC(=O)C=Cc2ccccc2Cl)cc1. The molecule has 0 aliphatic rings. The van der Waals surface area contributed by atoms with Crippen LogP contribution in [0.4, 0.5) is 5.69 Å². The molecule has 2 N–H and O–H groups in total. The van der Waals surface area contributed by atoms with Crippen LogP contribution < -0.4 is 10.0 Å². The summed E-state index contributed by atoms with van der Waals surface area (Å²) in [4.78, 5) is 12.1. The summed E-state index contributed by atoms with van der Waals surface area (Å²) in [6.45, 7) is 3.71. The van der Waals surface area contributed by atoms with E-state index in [4.69, 9.17) is 11.6 Å². The minimum absolute atomic E-state index is 0.144. The highest BCUT2D eigenvalue weighted by Crippen LogP contribution is 2.17. The highest BCUT2D eigenvalue weighted by Gasteiger charge is 2.16. The van der Waals surface area contributed by atoms with Gasteiger partial charge in [-0.25, -0.2) is 13.1 Å². The van der Waals surface area contributed by atoms with Crippen LogP contribution >= 0.6 is 11.6 Å². The van der Waals surface area contributed by atoms with Crippen LogP contribution in [0.3, 0.4) is 0 Å². The minimum atomic E-state index is -3.56. The Morgan fingerprint density at radius 1 is 1.15 bits per heavy atom. The van der Waals surface area contributed by atoms with Crippen molar-refractivity contribution in [1.82, 2.24) is 4.72 Å². The second-order valence-corrected chi connectivity index (χ2v) is 7.92. The zero-order chi connectivity index (χ0) is 19.2. The van der Waals surface area contributed by atoms with Crippen molar-refractivity contribution >= 4 is 39.3 Å². The highest BCUT2D eigenvalue weighted by molar-refractivity contribution is 7.89. The number of amides is 1. The van der Waals surface area contributed by atoms with Gasteiger partial charge in [-0.2, -0.15) is 0 Å². The van der Waals surface area contributed by atoms with Crippen molar-refractivity contribution in [1.29, 1.82) is 0 Å². The zero-order valence-corrected chi connectivity index (χ0v) is 16.1. The smallest absolute Gasteiger partial charge is 0.248 e. The molecule has 0 spiro atoms. The maximum Gasteiger partial charge on any atom is 0.248 e. The van der Waals surface area contributed by atoms with Gasteiger partial charge in [-0.15, -0.1) is 0 Å². The summed E-state index contributed by atoms with van der Waals surface area (Å²) < 4.78 is 27.0. The van der Waals surface area contributed by atoms with E-state index in [9.17, 15) is 13.2 Å². The van der Waals surface area contributed by atoms with Gasteiger partial charge < -0.3 is 5.32 Å². The van der Waals surface area contributed by atoms with Crippen molar-refractivity contribution in [2.24, 2.45) is 0 Å². The number of carbonyl (C=O) groups excluding carboxylic acids is 1. The fourth-order valence-electron chi connectivity index (χ4n) is 2.09. The monoisotopic (exact) mass is 392 g/mol. The topological polar surface area (TPSA) is 75.3 Å². The van der Waals surface area contributed by atoms with Crippen LogP contribution in [0.25, 0.3) is 6.08 Å². The van der Waals surface area contributed by atoms with Crippen LogP contribution in [0.1, 0.15) is 25.8 Å². The lowest BCUT2D eigenvalue weighted by Gasteiger charge is -2.12. The lowest BCUT2D eigenvalue weighted by Crippen LogP contribution is -2.31. The summed E-state index contributed by atoms with van der Waals surface area (Å²) in [5.41, 5.74) is 1.24. The van der Waals surface area contributed by atoms with Gasteiger partial charge in [0.1, 0.15) is 0 Å². The van der Waals surface area contributed by atoms with Crippen molar-refractivity contribution in [3.63, 3.8) is 0 Å². The molecule has 0 bridgehead atoms. The molecule has 5 nitrogen and oxygen atoms in total.